The number of rotatable bonds is 5. The van der Waals surface area contributed by atoms with Gasteiger partial charge in [-0.1, -0.05) is 115 Å². The van der Waals surface area contributed by atoms with Crippen molar-refractivity contribution in [3.8, 4) is 56.5 Å². The third-order valence-electron chi connectivity index (χ3n) is 7.58. The van der Waals surface area contributed by atoms with E-state index in [-0.39, 0.29) is 0 Å². The molecule has 0 radical (unpaired) electrons. The van der Waals surface area contributed by atoms with Crippen molar-refractivity contribution < 1.29 is 0 Å². The molecule has 202 valence electrons. The molecule has 0 spiro atoms. The predicted octanol–water partition coefficient (Wildman–Crippen LogP) is 9.97. The molecule has 8 rings (SSSR count). The molecule has 0 saturated carbocycles. The van der Waals surface area contributed by atoms with Crippen LogP contribution in [0.15, 0.2) is 146 Å². The molecule has 0 aliphatic heterocycles. The first-order valence-electron chi connectivity index (χ1n) is 14.1. The molecule has 0 unspecified atom stereocenters. The van der Waals surface area contributed by atoms with Gasteiger partial charge in [-0.3, -0.25) is 4.98 Å². The molecular formula is C38H24N4S. The van der Waals surface area contributed by atoms with Gasteiger partial charge >= 0.3 is 0 Å². The molecule has 0 saturated heterocycles. The Morgan fingerprint density at radius 1 is 0.395 bits per heavy atom. The Labute approximate surface area is 253 Å². The van der Waals surface area contributed by atoms with E-state index in [1.54, 1.807) is 11.3 Å². The van der Waals surface area contributed by atoms with Crippen LogP contribution in [0.25, 0.3) is 76.7 Å². The number of nitrogens with zero attached hydrogens (tertiary/aromatic N) is 4. The van der Waals surface area contributed by atoms with Crippen LogP contribution >= 0.6 is 11.3 Å². The quantitative estimate of drug-likeness (QED) is 0.207. The molecule has 0 aliphatic carbocycles. The van der Waals surface area contributed by atoms with E-state index in [2.05, 4.69) is 103 Å². The van der Waals surface area contributed by atoms with E-state index in [1.807, 2.05) is 42.6 Å². The van der Waals surface area contributed by atoms with Crippen molar-refractivity contribution >= 4 is 31.5 Å². The van der Waals surface area contributed by atoms with E-state index in [9.17, 15) is 0 Å². The maximum atomic E-state index is 5.03. The van der Waals surface area contributed by atoms with Crippen molar-refractivity contribution in [2.75, 3.05) is 0 Å². The lowest BCUT2D eigenvalue weighted by atomic mass is 10.0. The van der Waals surface area contributed by atoms with E-state index in [1.165, 1.54) is 20.2 Å². The highest BCUT2D eigenvalue weighted by Gasteiger charge is 2.16. The maximum absolute atomic E-state index is 5.03. The van der Waals surface area contributed by atoms with Crippen molar-refractivity contribution in [3.63, 3.8) is 0 Å². The van der Waals surface area contributed by atoms with Crippen molar-refractivity contribution in [2.45, 2.75) is 0 Å². The van der Waals surface area contributed by atoms with E-state index >= 15 is 0 Å². The summed E-state index contributed by atoms with van der Waals surface area (Å²) in [6.45, 7) is 0. The van der Waals surface area contributed by atoms with Gasteiger partial charge in [0.1, 0.15) is 0 Å². The Morgan fingerprint density at radius 2 is 0.930 bits per heavy atom. The summed E-state index contributed by atoms with van der Waals surface area (Å²) >= 11 is 1.78. The SMILES string of the molecule is c1ccc(-c2cccc(-c3nc(-c4ccccc4)nc(-c4cccc(-c5nccc6c5sc5ccccc56)c4)n3)c2)cc1. The molecule has 0 amide bonds. The van der Waals surface area contributed by atoms with E-state index in [0.717, 1.165) is 39.1 Å². The average Bonchev–Trinajstić information content (AvgIpc) is 3.48. The summed E-state index contributed by atoms with van der Waals surface area (Å²) in [4.78, 5) is 19.8. The minimum absolute atomic E-state index is 0.624. The van der Waals surface area contributed by atoms with Gasteiger partial charge < -0.3 is 0 Å². The lowest BCUT2D eigenvalue weighted by Gasteiger charge is -2.10. The molecule has 3 aromatic heterocycles. The Balaban J connectivity index is 1.28. The monoisotopic (exact) mass is 568 g/mol. The van der Waals surface area contributed by atoms with Gasteiger partial charge in [-0.15, -0.1) is 11.3 Å². The number of pyridine rings is 1. The average molecular weight is 569 g/mol. The zero-order valence-electron chi connectivity index (χ0n) is 23.1. The predicted molar refractivity (Wildman–Crippen MR) is 178 cm³/mol. The third kappa shape index (κ3) is 4.76. The van der Waals surface area contributed by atoms with Gasteiger partial charge in [0.2, 0.25) is 0 Å². The normalized spacial score (nSPS) is 11.3. The van der Waals surface area contributed by atoms with Crippen LogP contribution in [-0.4, -0.2) is 19.9 Å². The molecule has 0 bridgehead atoms. The fourth-order valence-corrected chi connectivity index (χ4v) is 6.69. The molecule has 0 aliphatic rings. The highest BCUT2D eigenvalue weighted by atomic mass is 32.1. The number of aromatic nitrogens is 4. The summed E-state index contributed by atoms with van der Waals surface area (Å²) < 4.78 is 2.44. The van der Waals surface area contributed by atoms with Crippen LogP contribution in [0.1, 0.15) is 0 Å². The molecular weight excluding hydrogens is 545 g/mol. The van der Waals surface area contributed by atoms with Crippen LogP contribution in [-0.2, 0) is 0 Å². The topological polar surface area (TPSA) is 51.6 Å². The van der Waals surface area contributed by atoms with Crippen LogP contribution in [0, 0.1) is 0 Å². The third-order valence-corrected chi connectivity index (χ3v) is 8.78. The van der Waals surface area contributed by atoms with Crippen molar-refractivity contribution in [3.05, 3.63) is 146 Å². The smallest absolute Gasteiger partial charge is 0.164 e. The van der Waals surface area contributed by atoms with Crippen LogP contribution < -0.4 is 0 Å². The van der Waals surface area contributed by atoms with Crippen LogP contribution in [0.4, 0.5) is 0 Å². The zero-order valence-corrected chi connectivity index (χ0v) is 23.9. The van der Waals surface area contributed by atoms with E-state index in [4.69, 9.17) is 19.9 Å². The Hall–Kier alpha value is -5.52. The molecule has 4 nitrogen and oxygen atoms in total. The molecule has 5 heteroatoms. The minimum atomic E-state index is 0.624. The Morgan fingerprint density at radius 3 is 1.65 bits per heavy atom. The molecule has 0 fully saturated rings. The Bertz CT molecular complexity index is 2240. The standard InChI is InChI=1S/C38H24N4S/c1-3-11-25(12-4-1)27-15-9-17-29(23-27)37-40-36(26-13-5-2-6-14-26)41-38(42-37)30-18-10-16-28(24-30)34-35-32(21-22-39-34)31-19-7-8-20-33(31)43-35/h1-24H. The van der Waals surface area contributed by atoms with Crippen molar-refractivity contribution in [1.82, 2.24) is 19.9 Å². The highest BCUT2D eigenvalue weighted by Crippen LogP contribution is 2.39. The van der Waals surface area contributed by atoms with Gasteiger partial charge in [0, 0.05) is 43.9 Å². The van der Waals surface area contributed by atoms with Gasteiger partial charge in [-0.05, 0) is 35.4 Å². The molecule has 43 heavy (non-hydrogen) atoms. The molecule has 5 aromatic carbocycles. The summed E-state index contributed by atoms with van der Waals surface area (Å²) in [6, 6.07) is 47.8. The number of hydrogen-bond acceptors (Lipinski definition) is 5. The minimum Gasteiger partial charge on any atom is -0.255 e. The van der Waals surface area contributed by atoms with Gasteiger partial charge in [0.25, 0.3) is 0 Å². The highest BCUT2D eigenvalue weighted by molar-refractivity contribution is 7.26. The number of thiophene rings is 1. The first kappa shape index (κ1) is 25.2. The molecule has 0 atom stereocenters. The summed E-state index contributed by atoms with van der Waals surface area (Å²) in [5.74, 6) is 1.90. The van der Waals surface area contributed by atoms with Gasteiger partial charge in [0.15, 0.2) is 17.5 Å². The van der Waals surface area contributed by atoms with Crippen molar-refractivity contribution in [1.29, 1.82) is 0 Å². The number of benzene rings is 5. The summed E-state index contributed by atoms with van der Waals surface area (Å²) in [5.41, 5.74) is 7.06. The van der Waals surface area contributed by atoms with Gasteiger partial charge in [-0.25, -0.2) is 15.0 Å². The summed E-state index contributed by atoms with van der Waals surface area (Å²) in [7, 11) is 0. The van der Waals surface area contributed by atoms with Gasteiger partial charge in [0.05, 0.1) is 10.4 Å². The fourth-order valence-electron chi connectivity index (χ4n) is 5.48. The Kier molecular flexibility index (Phi) is 6.28. The molecule has 8 aromatic rings. The number of hydrogen-bond donors (Lipinski definition) is 0. The number of fused-ring (bicyclic) bond motifs is 3. The van der Waals surface area contributed by atoms with Gasteiger partial charge in [-0.2, -0.15) is 0 Å². The summed E-state index contributed by atoms with van der Waals surface area (Å²) in [5, 5.41) is 2.48. The second kappa shape index (κ2) is 10.7. The van der Waals surface area contributed by atoms with E-state index in [0.29, 0.717) is 17.5 Å². The van der Waals surface area contributed by atoms with Crippen LogP contribution in [0.5, 0.6) is 0 Å². The zero-order chi connectivity index (χ0) is 28.6. The molecule has 3 heterocycles. The first-order valence-corrected chi connectivity index (χ1v) is 15.0. The second-order valence-electron chi connectivity index (χ2n) is 10.3. The summed E-state index contributed by atoms with van der Waals surface area (Å²) in [6.07, 6.45) is 1.90. The molecule has 0 N–H and O–H groups in total. The van der Waals surface area contributed by atoms with Crippen molar-refractivity contribution in [2.24, 2.45) is 0 Å². The lowest BCUT2D eigenvalue weighted by Crippen LogP contribution is -2.00. The fraction of sp³-hybridized carbons (Fsp3) is 0. The largest absolute Gasteiger partial charge is 0.255 e. The second-order valence-corrected chi connectivity index (χ2v) is 11.4. The van der Waals surface area contributed by atoms with E-state index < -0.39 is 0 Å². The lowest BCUT2D eigenvalue weighted by molar-refractivity contribution is 1.07. The van der Waals surface area contributed by atoms with Crippen LogP contribution in [0.2, 0.25) is 0 Å². The van der Waals surface area contributed by atoms with Crippen LogP contribution in [0.3, 0.4) is 0 Å². The maximum Gasteiger partial charge on any atom is 0.164 e. The first-order chi connectivity index (χ1) is 21.3.